The van der Waals surface area contributed by atoms with Gasteiger partial charge in [-0.25, -0.2) is 4.98 Å². The van der Waals surface area contributed by atoms with Gasteiger partial charge in [-0.05, 0) is 18.6 Å². The smallest absolute Gasteiger partial charge is 0.228 e. The molecular weight excluding hydrogens is 276 g/mol. The number of carbonyl (C=O) groups is 1. The van der Waals surface area contributed by atoms with E-state index in [1.54, 1.807) is 12.4 Å². The van der Waals surface area contributed by atoms with E-state index in [-0.39, 0.29) is 11.8 Å². The van der Waals surface area contributed by atoms with E-state index in [1.165, 1.54) is 0 Å². The quantitative estimate of drug-likeness (QED) is 0.790. The van der Waals surface area contributed by atoms with Gasteiger partial charge in [-0.3, -0.25) is 9.78 Å². The molecule has 1 N–H and O–H groups in total. The van der Waals surface area contributed by atoms with Crippen LogP contribution in [0, 0.1) is 5.92 Å². The molecule has 1 atom stereocenters. The van der Waals surface area contributed by atoms with E-state index in [2.05, 4.69) is 19.9 Å². The molecule has 1 aliphatic heterocycles. The van der Waals surface area contributed by atoms with Gasteiger partial charge < -0.3 is 9.88 Å². The summed E-state index contributed by atoms with van der Waals surface area (Å²) in [5, 5.41) is 5.12. The number of nitrogens with zero attached hydrogens (tertiary/aromatic N) is 3. The van der Waals surface area contributed by atoms with Crippen molar-refractivity contribution < 1.29 is 4.79 Å². The van der Waals surface area contributed by atoms with Crippen LogP contribution in [0.1, 0.15) is 12.2 Å². The second-order valence-corrected chi connectivity index (χ2v) is 5.62. The van der Waals surface area contributed by atoms with Crippen LogP contribution in [0.25, 0.3) is 10.8 Å². The third-order valence-corrected chi connectivity index (χ3v) is 4.26. The molecule has 0 spiro atoms. The fourth-order valence-corrected chi connectivity index (χ4v) is 3.04. The largest absolute Gasteiger partial charge is 0.335 e. The van der Waals surface area contributed by atoms with Gasteiger partial charge in [0.15, 0.2) is 0 Å². The zero-order chi connectivity index (χ0) is 14.9. The minimum atomic E-state index is -0.0213. The SMILES string of the molecule is O=C(Nc1cccc2cnccc12)C1CCn2ccnc2C1. The van der Waals surface area contributed by atoms with Crippen LogP contribution < -0.4 is 5.32 Å². The molecule has 1 aromatic carbocycles. The van der Waals surface area contributed by atoms with Crippen molar-refractivity contribution in [2.24, 2.45) is 5.92 Å². The minimum Gasteiger partial charge on any atom is -0.335 e. The third kappa shape index (κ3) is 2.24. The van der Waals surface area contributed by atoms with Gasteiger partial charge in [0.25, 0.3) is 0 Å². The number of carbonyl (C=O) groups excluding carboxylic acids is 1. The minimum absolute atomic E-state index is 0.0213. The van der Waals surface area contributed by atoms with E-state index >= 15 is 0 Å². The summed E-state index contributed by atoms with van der Waals surface area (Å²) in [5.41, 5.74) is 0.846. The Morgan fingerprint density at radius 3 is 3.18 bits per heavy atom. The van der Waals surface area contributed by atoms with E-state index in [4.69, 9.17) is 0 Å². The van der Waals surface area contributed by atoms with E-state index < -0.39 is 0 Å². The highest BCUT2D eigenvalue weighted by atomic mass is 16.1. The fraction of sp³-hybridized carbons (Fsp3) is 0.235. The number of nitrogens with one attached hydrogen (secondary N) is 1. The number of fused-ring (bicyclic) bond motifs is 2. The molecule has 1 unspecified atom stereocenters. The van der Waals surface area contributed by atoms with Crippen molar-refractivity contribution in [1.82, 2.24) is 14.5 Å². The summed E-state index contributed by atoms with van der Waals surface area (Å²) in [7, 11) is 0. The highest BCUT2D eigenvalue weighted by Gasteiger charge is 2.25. The van der Waals surface area contributed by atoms with E-state index in [0.717, 1.165) is 35.2 Å². The summed E-state index contributed by atoms with van der Waals surface area (Å²) in [5.74, 6) is 1.04. The highest BCUT2D eigenvalue weighted by molar-refractivity contribution is 6.02. The Bertz CT molecular complexity index is 834. The Morgan fingerprint density at radius 2 is 2.23 bits per heavy atom. The van der Waals surface area contributed by atoms with Crippen LogP contribution >= 0.6 is 0 Å². The first kappa shape index (κ1) is 13.0. The zero-order valence-electron chi connectivity index (χ0n) is 12.1. The average Bonchev–Trinajstić information content (AvgIpc) is 3.02. The Morgan fingerprint density at radius 1 is 1.27 bits per heavy atom. The molecule has 1 amide bonds. The predicted molar refractivity (Wildman–Crippen MR) is 84.4 cm³/mol. The number of imidazole rings is 1. The maximum atomic E-state index is 12.6. The third-order valence-electron chi connectivity index (χ3n) is 4.26. The van der Waals surface area contributed by atoms with Gasteiger partial charge in [0.1, 0.15) is 5.82 Å². The number of rotatable bonds is 2. The van der Waals surface area contributed by atoms with Crippen LogP contribution in [0.3, 0.4) is 0 Å². The fourth-order valence-electron chi connectivity index (χ4n) is 3.04. The van der Waals surface area contributed by atoms with Crippen molar-refractivity contribution >= 4 is 22.4 Å². The van der Waals surface area contributed by atoms with Crippen LogP contribution in [0.2, 0.25) is 0 Å². The number of benzene rings is 1. The number of hydrogen-bond donors (Lipinski definition) is 1. The second kappa shape index (κ2) is 5.26. The summed E-state index contributed by atoms with van der Waals surface area (Å²) >= 11 is 0. The Balaban J connectivity index is 1.57. The van der Waals surface area contributed by atoms with Gasteiger partial charge in [-0.1, -0.05) is 12.1 Å². The van der Waals surface area contributed by atoms with Gasteiger partial charge in [-0.15, -0.1) is 0 Å². The van der Waals surface area contributed by atoms with Crippen molar-refractivity contribution in [3.63, 3.8) is 0 Å². The standard InChI is InChI=1S/C17H16N4O/c22-17(12-5-8-21-9-7-19-16(21)10-12)20-15-3-1-2-13-11-18-6-4-14(13)15/h1-4,6-7,9,11-12H,5,8,10H2,(H,20,22). The van der Waals surface area contributed by atoms with Crippen LogP contribution in [-0.4, -0.2) is 20.4 Å². The van der Waals surface area contributed by atoms with E-state index in [9.17, 15) is 4.79 Å². The molecule has 3 heterocycles. The van der Waals surface area contributed by atoms with Crippen molar-refractivity contribution in [1.29, 1.82) is 0 Å². The lowest BCUT2D eigenvalue weighted by Gasteiger charge is -2.22. The summed E-state index contributed by atoms with van der Waals surface area (Å²) in [6.45, 7) is 0.854. The van der Waals surface area contributed by atoms with E-state index in [0.29, 0.717) is 6.42 Å². The number of aromatic nitrogens is 3. The van der Waals surface area contributed by atoms with Crippen molar-refractivity contribution in [2.45, 2.75) is 19.4 Å². The number of pyridine rings is 1. The summed E-state index contributed by atoms with van der Waals surface area (Å²) in [6, 6.07) is 7.80. The average molecular weight is 292 g/mol. The Kier molecular flexibility index (Phi) is 3.11. The van der Waals surface area contributed by atoms with E-state index in [1.807, 2.05) is 36.7 Å². The zero-order valence-corrected chi connectivity index (χ0v) is 12.1. The van der Waals surface area contributed by atoms with Crippen molar-refractivity contribution in [3.8, 4) is 0 Å². The molecule has 2 aromatic heterocycles. The molecule has 1 aliphatic rings. The van der Waals surface area contributed by atoms with Gasteiger partial charge >= 0.3 is 0 Å². The molecule has 0 radical (unpaired) electrons. The molecule has 0 saturated heterocycles. The number of amides is 1. The Labute approximate surface area is 128 Å². The second-order valence-electron chi connectivity index (χ2n) is 5.62. The maximum Gasteiger partial charge on any atom is 0.228 e. The van der Waals surface area contributed by atoms with Crippen molar-refractivity contribution in [2.75, 3.05) is 5.32 Å². The molecule has 0 saturated carbocycles. The highest BCUT2D eigenvalue weighted by Crippen LogP contribution is 2.25. The summed E-state index contributed by atoms with van der Waals surface area (Å²) in [4.78, 5) is 21.0. The lowest BCUT2D eigenvalue weighted by atomic mass is 9.96. The number of anilines is 1. The van der Waals surface area contributed by atoms with Gasteiger partial charge in [0.05, 0.1) is 0 Å². The number of aryl methyl sites for hydroxylation is 1. The van der Waals surface area contributed by atoms with Crippen LogP contribution in [0.5, 0.6) is 0 Å². The lowest BCUT2D eigenvalue weighted by Crippen LogP contribution is -2.30. The first-order chi connectivity index (χ1) is 10.8. The monoisotopic (exact) mass is 292 g/mol. The molecular formula is C17H16N4O. The van der Waals surface area contributed by atoms with Gasteiger partial charge in [0.2, 0.25) is 5.91 Å². The topological polar surface area (TPSA) is 59.8 Å². The molecule has 0 aliphatic carbocycles. The summed E-state index contributed by atoms with van der Waals surface area (Å²) in [6.07, 6.45) is 8.87. The molecule has 3 aromatic rings. The van der Waals surface area contributed by atoms with Gasteiger partial charge in [0, 0.05) is 60.1 Å². The Hall–Kier alpha value is -2.69. The molecule has 0 fully saturated rings. The normalized spacial score (nSPS) is 17.2. The van der Waals surface area contributed by atoms with Gasteiger partial charge in [-0.2, -0.15) is 0 Å². The van der Waals surface area contributed by atoms with Crippen molar-refractivity contribution in [3.05, 3.63) is 54.9 Å². The first-order valence-corrected chi connectivity index (χ1v) is 7.45. The molecule has 5 nitrogen and oxygen atoms in total. The summed E-state index contributed by atoms with van der Waals surface area (Å²) < 4.78 is 2.12. The maximum absolute atomic E-state index is 12.6. The molecule has 110 valence electrons. The molecule has 5 heteroatoms. The van der Waals surface area contributed by atoms with Crippen LogP contribution in [-0.2, 0) is 17.8 Å². The van der Waals surface area contributed by atoms with Crippen LogP contribution in [0.4, 0.5) is 5.69 Å². The number of hydrogen-bond acceptors (Lipinski definition) is 3. The van der Waals surface area contributed by atoms with Crippen LogP contribution in [0.15, 0.2) is 49.1 Å². The predicted octanol–water partition coefficient (Wildman–Crippen LogP) is 2.63. The molecule has 0 bridgehead atoms. The lowest BCUT2D eigenvalue weighted by molar-refractivity contribution is -0.120. The molecule has 4 rings (SSSR count). The molecule has 22 heavy (non-hydrogen) atoms. The first-order valence-electron chi connectivity index (χ1n) is 7.45.